The quantitative estimate of drug-likeness (QED) is 0.293. The molecular weight excluding hydrogens is 270 g/mol. The van der Waals surface area contributed by atoms with E-state index < -0.39 is 5.92 Å². The van der Waals surface area contributed by atoms with Crippen LogP contribution in [0.2, 0.25) is 0 Å². The van der Waals surface area contributed by atoms with Gasteiger partial charge in [0.15, 0.2) is 5.84 Å². The van der Waals surface area contributed by atoms with Crippen molar-refractivity contribution in [1.29, 1.82) is 0 Å². The van der Waals surface area contributed by atoms with Gasteiger partial charge in [0, 0.05) is 6.54 Å². The molecule has 21 heavy (non-hydrogen) atoms. The number of ether oxygens (including phenoxy) is 1. The molecule has 0 aliphatic rings. The highest BCUT2D eigenvalue weighted by molar-refractivity contribution is 6.02. The topological polar surface area (TPSA) is 96.9 Å². The minimum Gasteiger partial charge on any atom is -0.496 e. The molecule has 1 aromatic carbocycles. The number of amides is 1. The fourth-order valence-corrected chi connectivity index (χ4v) is 2.12. The summed E-state index contributed by atoms with van der Waals surface area (Å²) >= 11 is 0. The van der Waals surface area contributed by atoms with E-state index in [0.717, 1.165) is 17.7 Å². The van der Waals surface area contributed by atoms with Gasteiger partial charge in [-0.1, -0.05) is 36.7 Å². The molecule has 0 radical (unpaired) electrons. The highest BCUT2D eigenvalue weighted by Gasteiger charge is 2.21. The molecular formula is C15H23N3O3. The summed E-state index contributed by atoms with van der Waals surface area (Å²) in [7, 11) is 1.62. The normalized spacial score (nSPS) is 12.8. The van der Waals surface area contributed by atoms with Crippen molar-refractivity contribution in [2.75, 3.05) is 13.7 Å². The number of rotatable bonds is 8. The fraction of sp³-hybridized carbons (Fsp3) is 0.467. The molecule has 4 N–H and O–H groups in total. The average molecular weight is 293 g/mol. The van der Waals surface area contributed by atoms with Crippen LogP contribution in [0.15, 0.2) is 29.4 Å². The van der Waals surface area contributed by atoms with Crippen LogP contribution in [0.4, 0.5) is 0 Å². The number of para-hydroxylation sites is 1. The third-order valence-corrected chi connectivity index (χ3v) is 3.25. The minimum atomic E-state index is -0.585. The second-order valence-electron chi connectivity index (χ2n) is 4.72. The number of carbonyl (C=O) groups excluding carboxylic acids is 1. The Morgan fingerprint density at radius 2 is 2.19 bits per heavy atom. The second-order valence-corrected chi connectivity index (χ2v) is 4.72. The molecule has 0 bridgehead atoms. The minimum absolute atomic E-state index is 0.0494. The van der Waals surface area contributed by atoms with Gasteiger partial charge >= 0.3 is 0 Å². The number of methoxy groups -OCH3 is 1. The van der Waals surface area contributed by atoms with Crippen molar-refractivity contribution in [3.05, 3.63) is 29.8 Å². The van der Waals surface area contributed by atoms with Crippen molar-refractivity contribution >= 4 is 11.7 Å². The molecule has 0 aliphatic heterocycles. The number of nitrogens with two attached hydrogens (primary N) is 1. The van der Waals surface area contributed by atoms with Crippen LogP contribution in [0, 0.1) is 5.92 Å². The Morgan fingerprint density at radius 3 is 2.81 bits per heavy atom. The van der Waals surface area contributed by atoms with E-state index in [-0.39, 0.29) is 11.7 Å². The summed E-state index contributed by atoms with van der Waals surface area (Å²) < 4.78 is 5.26. The van der Waals surface area contributed by atoms with E-state index >= 15 is 0 Å². The number of oxime groups is 1. The lowest BCUT2D eigenvalue weighted by atomic mass is 10.0. The largest absolute Gasteiger partial charge is 0.496 e. The Morgan fingerprint density at radius 1 is 1.48 bits per heavy atom. The van der Waals surface area contributed by atoms with Crippen molar-refractivity contribution in [2.24, 2.45) is 16.8 Å². The van der Waals surface area contributed by atoms with E-state index in [4.69, 9.17) is 15.7 Å². The SMILES string of the molecule is CCCC(C(=O)NCCc1ccccc1OC)/C(N)=N/O. The molecule has 116 valence electrons. The van der Waals surface area contributed by atoms with Crippen LogP contribution in [0.3, 0.4) is 0 Å². The van der Waals surface area contributed by atoms with Gasteiger partial charge in [0.05, 0.1) is 13.0 Å². The van der Waals surface area contributed by atoms with Crippen LogP contribution in [-0.4, -0.2) is 30.6 Å². The highest BCUT2D eigenvalue weighted by Crippen LogP contribution is 2.17. The van der Waals surface area contributed by atoms with Gasteiger partial charge in [-0.15, -0.1) is 0 Å². The molecule has 0 heterocycles. The van der Waals surface area contributed by atoms with Gasteiger partial charge in [-0.3, -0.25) is 4.79 Å². The molecule has 1 aromatic rings. The molecule has 6 heteroatoms. The Kier molecular flexibility index (Phi) is 7.08. The van der Waals surface area contributed by atoms with Crippen molar-refractivity contribution in [2.45, 2.75) is 26.2 Å². The molecule has 6 nitrogen and oxygen atoms in total. The standard InChI is InChI=1S/C15H23N3O3/c1-3-6-12(14(16)18-20)15(19)17-10-9-11-7-4-5-8-13(11)21-2/h4-5,7-8,12,20H,3,6,9-10H2,1-2H3,(H2,16,18)(H,17,19). The predicted octanol–water partition coefficient (Wildman–Crippen LogP) is 1.52. The number of carbonyl (C=O) groups is 1. The molecule has 0 saturated heterocycles. The van der Waals surface area contributed by atoms with E-state index in [9.17, 15) is 4.79 Å². The maximum Gasteiger partial charge on any atom is 0.230 e. The maximum atomic E-state index is 12.1. The molecule has 0 spiro atoms. The number of benzene rings is 1. The van der Waals surface area contributed by atoms with Gasteiger partial charge in [0.2, 0.25) is 5.91 Å². The first-order valence-electron chi connectivity index (χ1n) is 7.01. The lowest BCUT2D eigenvalue weighted by Gasteiger charge is -2.15. The number of hydrogen-bond donors (Lipinski definition) is 3. The number of nitrogens with zero attached hydrogens (tertiary/aromatic N) is 1. The van der Waals surface area contributed by atoms with E-state index in [1.54, 1.807) is 7.11 Å². The van der Waals surface area contributed by atoms with Crippen LogP contribution in [-0.2, 0) is 11.2 Å². The van der Waals surface area contributed by atoms with Gasteiger partial charge in [0.1, 0.15) is 5.75 Å². The monoisotopic (exact) mass is 293 g/mol. The molecule has 0 aromatic heterocycles. The number of amidine groups is 1. The Hall–Kier alpha value is -2.24. The van der Waals surface area contributed by atoms with Crippen molar-refractivity contribution in [1.82, 2.24) is 5.32 Å². The fourth-order valence-electron chi connectivity index (χ4n) is 2.12. The van der Waals surface area contributed by atoms with E-state index in [1.165, 1.54) is 0 Å². The molecule has 1 atom stereocenters. The van der Waals surface area contributed by atoms with Crippen molar-refractivity contribution < 1.29 is 14.7 Å². The Balaban J connectivity index is 2.55. The van der Waals surface area contributed by atoms with Crippen LogP contribution in [0.5, 0.6) is 5.75 Å². The third kappa shape index (κ3) is 4.98. The highest BCUT2D eigenvalue weighted by atomic mass is 16.5. The molecule has 1 rings (SSSR count). The lowest BCUT2D eigenvalue weighted by Crippen LogP contribution is -2.39. The first-order chi connectivity index (χ1) is 10.1. The summed E-state index contributed by atoms with van der Waals surface area (Å²) in [5.41, 5.74) is 6.58. The smallest absolute Gasteiger partial charge is 0.230 e. The second kappa shape index (κ2) is 8.84. The average Bonchev–Trinajstić information content (AvgIpc) is 2.52. The molecule has 1 amide bonds. The maximum absolute atomic E-state index is 12.1. The Bertz CT molecular complexity index is 489. The van der Waals surface area contributed by atoms with Gasteiger partial charge in [-0.05, 0) is 24.5 Å². The van der Waals surface area contributed by atoms with Gasteiger partial charge < -0.3 is 21.0 Å². The summed E-state index contributed by atoms with van der Waals surface area (Å²) in [5.74, 6) is -0.0559. The third-order valence-electron chi connectivity index (χ3n) is 3.25. The summed E-state index contributed by atoms with van der Waals surface area (Å²) in [6.07, 6.45) is 1.99. The zero-order chi connectivity index (χ0) is 15.7. The van der Waals surface area contributed by atoms with Crippen LogP contribution in [0.1, 0.15) is 25.3 Å². The van der Waals surface area contributed by atoms with Crippen LogP contribution < -0.4 is 15.8 Å². The number of hydrogen-bond acceptors (Lipinski definition) is 4. The zero-order valence-corrected chi connectivity index (χ0v) is 12.5. The molecule has 0 fully saturated rings. The summed E-state index contributed by atoms with van der Waals surface area (Å²) in [6.45, 7) is 2.41. The molecule has 0 saturated carbocycles. The lowest BCUT2D eigenvalue weighted by molar-refractivity contribution is -0.123. The van der Waals surface area contributed by atoms with E-state index in [2.05, 4.69) is 10.5 Å². The van der Waals surface area contributed by atoms with E-state index in [0.29, 0.717) is 19.4 Å². The first-order valence-corrected chi connectivity index (χ1v) is 7.01. The molecule has 0 aliphatic carbocycles. The summed E-state index contributed by atoms with van der Waals surface area (Å²) in [4.78, 5) is 12.1. The van der Waals surface area contributed by atoms with Crippen LogP contribution in [0.25, 0.3) is 0 Å². The van der Waals surface area contributed by atoms with Crippen molar-refractivity contribution in [3.8, 4) is 5.75 Å². The van der Waals surface area contributed by atoms with Gasteiger partial charge in [-0.2, -0.15) is 0 Å². The summed E-state index contributed by atoms with van der Waals surface area (Å²) in [5, 5.41) is 14.5. The Labute approximate surface area is 125 Å². The number of nitrogens with one attached hydrogen (secondary N) is 1. The van der Waals surface area contributed by atoms with Crippen LogP contribution >= 0.6 is 0 Å². The van der Waals surface area contributed by atoms with Gasteiger partial charge in [-0.25, -0.2) is 0 Å². The molecule has 1 unspecified atom stereocenters. The van der Waals surface area contributed by atoms with Crippen molar-refractivity contribution in [3.63, 3.8) is 0 Å². The first kappa shape index (κ1) is 16.8. The van der Waals surface area contributed by atoms with E-state index in [1.807, 2.05) is 31.2 Å². The van der Waals surface area contributed by atoms with Gasteiger partial charge in [0.25, 0.3) is 0 Å². The summed E-state index contributed by atoms with van der Waals surface area (Å²) in [6, 6.07) is 7.66. The predicted molar refractivity (Wildman–Crippen MR) is 81.5 cm³/mol. The zero-order valence-electron chi connectivity index (χ0n) is 12.5.